The molecule has 0 aliphatic carbocycles. The molecule has 0 saturated heterocycles. The molecule has 0 fully saturated rings. The van der Waals surface area contributed by atoms with Crippen molar-refractivity contribution in [2.75, 3.05) is 34.4 Å². The Bertz CT molecular complexity index is 433. The van der Waals surface area contributed by atoms with Crippen LogP contribution in [0, 0.1) is 6.92 Å². The van der Waals surface area contributed by atoms with Gasteiger partial charge in [0.1, 0.15) is 5.75 Å². The Morgan fingerprint density at radius 3 is 2.70 bits per heavy atom. The van der Waals surface area contributed by atoms with Gasteiger partial charge in [-0.2, -0.15) is 0 Å². The number of aliphatic imine (C=N–C) groups is 1. The van der Waals surface area contributed by atoms with Gasteiger partial charge in [-0.1, -0.05) is 12.1 Å². The standard InChI is InChI=1S/C15H25N3O2/c1-12-6-7-13(10-14(12)20-4)11-18-15(16-2)17-8-5-9-19-3/h6-7,10H,5,8-9,11H2,1-4H3,(H2,16,17,18). The second kappa shape index (κ2) is 9.20. The Balaban J connectivity index is 2.44. The molecule has 0 aliphatic heterocycles. The van der Waals surface area contributed by atoms with Gasteiger partial charge in [0.05, 0.1) is 7.11 Å². The van der Waals surface area contributed by atoms with Crippen molar-refractivity contribution in [1.82, 2.24) is 10.6 Å². The predicted octanol–water partition coefficient (Wildman–Crippen LogP) is 1.71. The minimum Gasteiger partial charge on any atom is -0.496 e. The minimum absolute atomic E-state index is 0.709. The number of hydrogen-bond acceptors (Lipinski definition) is 3. The smallest absolute Gasteiger partial charge is 0.191 e. The average molecular weight is 279 g/mol. The molecule has 5 heteroatoms. The number of methoxy groups -OCH3 is 2. The molecule has 0 unspecified atom stereocenters. The maximum atomic E-state index is 5.32. The van der Waals surface area contributed by atoms with Gasteiger partial charge in [0.2, 0.25) is 0 Å². The highest BCUT2D eigenvalue weighted by Gasteiger charge is 2.02. The quantitative estimate of drug-likeness (QED) is 0.453. The summed E-state index contributed by atoms with van der Waals surface area (Å²) < 4.78 is 10.3. The molecule has 0 amide bonds. The summed E-state index contributed by atoms with van der Waals surface area (Å²) in [6.07, 6.45) is 0.954. The van der Waals surface area contributed by atoms with Crippen LogP contribution in [-0.4, -0.2) is 40.4 Å². The summed E-state index contributed by atoms with van der Waals surface area (Å²) in [5.74, 6) is 1.70. The fourth-order valence-corrected chi connectivity index (χ4v) is 1.80. The van der Waals surface area contributed by atoms with E-state index in [2.05, 4.69) is 27.8 Å². The van der Waals surface area contributed by atoms with E-state index in [0.717, 1.165) is 42.4 Å². The first kappa shape index (κ1) is 16.3. The van der Waals surface area contributed by atoms with Gasteiger partial charge >= 0.3 is 0 Å². The molecule has 0 aliphatic rings. The highest BCUT2D eigenvalue weighted by Crippen LogP contribution is 2.18. The monoisotopic (exact) mass is 279 g/mol. The van der Waals surface area contributed by atoms with E-state index >= 15 is 0 Å². The Labute approximate surface area is 121 Å². The Kier molecular flexibility index (Phi) is 7.50. The van der Waals surface area contributed by atoms with Crippen molar-refractivity contribution < 1.29 is 9.47 Å². The number of rotatable bonds is 7. The summed E-state index contributed by atoms with van der Waals surface area (Å²) in [6.45, 7) is 4.33. The lowest BCUT2D eigenvalue weighted by atomic mass is 10.1. The van der Waals surface area contributed by atoms with E-state index in [9.17, 15) is 0 Å². The molecule has 112 valence electrons. The Hall–Kier alpha value is -1.75. The maximum absolute atomic E-state index is 5.32. The number of ether oxygens (including phenoxy) is 2. The first-order valence-electron chi connectivity index (χ1n) is 6.78. The molecule has 2 N–H and O–H groups in total. The number of guanidine groups is 1. The highest BCUT2D eigenvalue weighted by atomic mass is 16.5. The second-order valence-corrected chi connectivity index (χ2v) is 4.50. The molecule has 0 radical (unpaired) electrons. The van der Waals surface area contributed by atoms with Gasteiger partial charge in [0.15, 0.2) is 5.96 Å². The van der Waals surface area contributed by atoms with Crippen molar-refractivity contribution in [2.24, 2.45) is 4.99 Å². The molecule has 1 aromatic rings. The van der Waals surface area contributed by atoms with E-state index < -0.39 is 0 Å². The molecule has 0 spiro atoms. The fourth-order valence-electron chi connectivity index (χ4n) is 1.80. The lowest BCUT2D eigenvalue weighted by molar-refractivity contribution is 0.195. The topological polar surface area (TPSA) is 54.9 Å². The van der Waals surface area contributed by atoms with E-state index in [-0.39, 0.29) is 0 Å². The lowest BCUT2D eigenvalue weighted by Gasteiger charge is -2.13. The van der Waals surface area contributed by atoms with Gasteiger partial charge in [0.25, 0.3) is 0 Å². The largest absolute Gasteiger partial charge is 0.496 e. The molecular formula is C15H25N3O2. The van der Waals surface area contributed by atoms with E-state index in [1.807, 2.05) is 13.0 Å². The molecule has 5 nitrogen and oxygen atoms in total. The van der Waals surface area contributed by atoms with Gasteiger partial charge in [-0.3, -0.25) is 4.99 Å². The van der Waals surface area contributed by atoms with Crippen LogP contribution >= 0.6 is 0 Å². The number of aryl methyl sites for hydroxylation is 1. The Morgan fingerprint density at radius 2 is 2.05 bits per heavy atom. The highest BCUT2D eigenvalue weighted by molar-refractivity contribution is 5.79. The van der Waals surface area contributed by atoms with Crippen LogP contribution in [0.2, 0.25) is 0 Å². The molecule has 1 aromatic carbocycles. The zero-order valence-electron chi connectivity index (χ0n) is 12.8. The third kappa shape index (κ3) is 5.48. The van der Waals surface area contributed by atoms with E-state index in [1.54, 1.807) is 21.3 Å². The predicted molar refractivity (Wildman–Crippen MR) is 82.4 cm³/mol. The third-order valence-electron chi connectivity index (χ3n) is 2.97. The van der Waals surface area contributed by atoms with E-state index in [0.29, 0.717) is 6.54 Å². The molecule has 0 heterocycles. The van der Waals surface area contributed by atoms with Crippen molar-refractivity contribution in [1.29, 1.82) is 0 Å². The van der Waals surface area contributed by atoms with Gasteiger partial charge in [-0.15, -0.1) is 0 Å². The molecule has 20 heavy (non-hydrogen) atoms. The lowest BCUT2D eigenvalue weighted by Crippen LogP contribution is -2.37. The fraction of sp³-hybridized carbons (Fsp3) is 0.533. The minimum atomic E-state index is 0.709. The summed E-state index contributed by atoms with van der Waals surface area (Å²) >= 11 is 0. The summed E-state index contributed by atoms with van der Waals surface area (Å²) in [6, 6.07) is 6.19. The van der Waals surface area contributed by atoms with E-state index in [4.69, 9.17) is 9.47 Å². The molecule has 0 saturated carbocycles. The van der Waals surface area contributed by atoms with Crippen LogP contribution in [0.15, 0.2) is 23.2 Å². The molecule has 0 atom stereocenters. The maximum Gasteiger partial charge on any atom is 0.191 e. The van der Waals surface area contributed by atoms with Gasteiger partial charge in [-0.25, -0.2) is 0 Å². The molecular weight excluding hydrogens is 254 g/mol. The zero-order chi connectivity index (χ0) is 14.8. The summed E-state index contributed by atoms with van der Waals surface area (Å²) in [5, 5.41) is 6.52. The molecule has 1 rings (SSSR count). The SMILES string of the molecule is CN=C(NCCCOC)NCc1ccc(C)c(OC)c1. The summed E-state index contributed by atoms with van der Waals surface area (Å²) in [5.41, 5.74) is 2.30. The number of nitrogens with zero attached hydrogens (tertiary/aromatic N) is 1. The summed E-state index contributed by atoms with van der Waals surface area (Å²) in [4.78, 5) is 4.18. The zero-order valence-corrected chi connectivity index (χ0v) is 12.8. The number of hydrogen-bond donors (Lipinski definition) is 2. The van der Waals surface area contributed by atoms with Crippen molar-refractivity contribution in [3.05, 3.63) is 29.3 Å². The molecule has 0 bridgehead atoms. The van der Waals surface area contributed by atoms with E-state index in [1.165, 1.54) is 0 Å². The average Bonchev–Trinajstić information content (AvgIpc) is 2.48. The second-order valence-electron chi connectivity index (χ2n) is 4.50. The van der Waals surface area contributed by atoms with Crippen molar-refractivity contribution in [3.8, 4) is 5.75 Å². The number of benzene rings is 1. The number of nitrogens with one attached hydrogen (secondary N) is 2. The van der Waals surface area contributed by atoms with Crippen LogP contribution in [0.5, 0.6) is 5.75 Å². The first-order chi connectivity index (χ1) is 9.71. The first-order valence-corrected chi connectivity index (χ1v) is 6.78. The van der Waals surface area contributed by atoms with Crippen LogP contribution < -0.4 is 15.4 Å². The third-order valence-corrected chi connectivity index (χ3v) is 2.97. The van der Waals surface area contributed by atoms with Crippen molar-refractivity contribution in [2.45, 2.75) is 19.9 Å². The van der Waals surface area contributed by atoms with Crippen LogP contribution in [0.3, 0.4) is 0 Å². The van der Waals surface area contributed by atoms with Gasteiger partial charge in [0, 0.05) is 33.9 Å². The van der Waals surface area contributed by atoms with Gasteiger partial charge < -0.3 is 20.1 Å². The van der Waals surface area contributed by atoms with Crippen LogP contribution in [0.1, 0.15) is 17.5 Å². The van der Waals surface area contributed by atoms with Crippen LogP contribution in [-0.2, 0) is 11.3 Å². The summed E-state index contributed by atoms with van der Waals surface area (Å²) in [7, 11) is 5.16. The van der Waals surface area contributed by atoms with Crippen molar-refractivity contribution in [3.63, 3.8) is 0 Å². The van der Waals surface area contributed by atoms with Crippen LogP contribution in [0.4, 0.5) is 0 Å². The molecule has 0 aromatic heterocycles. The van der Waals surface area contributed by atoms with Crippen molar-refractivity contribution >= 4 is 5.96 Å². The normalized spacial score (nSPS) is 11.3. The Morgan fingerprint density at radius 1 is 1.25 bits per heavy atom. The van der Waals surface area contributed by atoms with Crippen LogP contribution in [0.25, 0.3) is 0 Å². The van der Waals surface area contributed by atoms with Gasteiger partial charge in [-0.05, 0) is 30.5 Å².